The molecule has 0 aromatic heterocycles. The van der Waals surface area contributed by atoms with Gasteiger partial charge in [0.1, 0.15) is 0 Å². The first-order valence-electron chi connectivity index (χ1n) is 6.54. The topological polar surface area (TPSA) is 85.3 Å². The number of morpholine rings is 1. The second-order valence-corrected chi connectivity index (χ2v) is 4.50. The molecule has 0 aliphatic carbocycles. The van der Waals surface area contributed by atoms with Gasteiger partial charge in [-0.1, -0.05) is 30.3 Å². The number of ether oxygens (including phenoxy) is 3. The molecule has 1 N–H and O–H groups in total. The highest BCUT2D eigenvalue weighted by atomic mass is 16.7. The number of amides is 1. The van der Waals surface area contributed by atoms with Crippen LogP contribution in [0.25, 0.3) is 0 Å². The Morgan fingerprint density at radius 3 is 2.81 bits per heavy atom. The maximum Gasteiger partial charge on any atom is 0.407 e. The third kappa shape index (κ3) is 4.73. The molecule has 7 heteroatoms. The van der Waals surface area contributed by atoms with Crippen LogP contribution < -0.4 is 0 Å². The molecule has 1 unspecified atom stereocenters. The predicted molar refractivity (Wildman–Crippen MR) is 71.5 cm³/mol. The summed E-state index contributed by atoms with van der Waals surface area (Å²) in [5.41, 5.74) is 0.972. The number of hydrogen-bond donors (Lipinski definition) is 1. The van der Waals surface area contributed by atoms with Crippen molar-refractivity contribution in [3.8, 4) is 0 Å². The minimum absolute atomic E-state index is 0.0210. The van der Waals surface area contributed by atoms with Gasteiger partial charge in [0.05, 0.1) is 19.8 Å². The van der Waals surface area contributed by atoms with Crippen LogP contribution in [-0.4, -0.2) is 54.7 Å². The van der Waals surface area contributed by atoms with Gasteiger partial charge in [0.2, 0.25) is 0 Å². The minimum atomic E-state index is -1.07. The van der Waals surface area contributed by atoms with Gasteiger partial charge in [-0.05, 0) is 5.56 Å². The van der Waals surface area contributed by atoms with Gasteiger partial charge in [-0.15, -0.1) is 0 Å². The molecule has 114 valence electrons. The van der Waals surface area contributed by atoms with Crippen molar-refractivity contribution in [3.05, 3.63) is 35.9 Å². The number of carbonyl (C=O) groups is 2. The van der Waals surface area contributed by atoms with Gasteiger partial charge in [-0.3, -0.25) is 0 Å². The van der Waals surface area contributed by atoms with E-state index < -0.39 is 18.2 Å². The molecule has 1 aromatic carbocycles. The number of carbonyl (C=O) groups excluding carboxylic acids is 1. The van der Waals surface area contributed by atoms with Crippen LogP contribution in [0.1, 0.15) is 5.56 Å². The summed E-state index contributed by atoms with van der Waals surface area (Å²) in [7, 11) is 0. The molecule has 1 heterocycles. The van der Waals surface area contributed by atoms with Gasteiger partial charge >= 0.3 is 12.1 Å². The standard InChI is InChI=1S/C14H17NO6/c16-13(12-8-15(14(17)18)6-7-20-12)21-10-19-9-11-4-2-1-3-5-11/h1-5,12H,6-10H2,(H,17,18). The fourth-order valence-electron chi connectivity index (χ4n) is 1.89. The summed E-state index contributed by atoms with van der Waals surface area (Å²) in [5, 5.41) is 8.87. The molecule has 1 amide bonds. The van der Waals surface area contributed by atoms with Crippen LogP contribution in [0, 0.1) is 0 Å². The quantitative estimate of drug-likeness (QED) is 0.497. The SMILES string of the molecule is O=C(OCOCc1ccccc1)C1CN(C(=O)O)CCO1. The summed E-state index contributed by atoms with van der Waals surface area (Å²) < 4.78 is 15.4. The van der Waals surface area contributed by atoms with E-state index in [1.54, 1.807) is 0 Å². The number of hydrogen-bond acceptors (Lipinski definition) is 5. The van der Waals surface area contributed by atoms with Crippen molar-refractivity contribution in [2.75, 3.05) is 26.5 Å². The van der Waals surface area contributed by atoms with E-state index in [1.165, 1.54) is 0 Å². The minimum Gasteiger partial charge on any atom is -0.465 e. The van der Waals surface area contributed by atoms with Crippen LogP contribution in [0.15, 0.2) is 30.3 Å². The average Bonchev–Trinajstić information content (AvgIpc) is 2.52. The highest BCUT2D eigenvalue weighted by Crippen LogP contribution is 2.07. The number of esters is 1. The third-order valence-electron chi connectivity index (χ3n) is 3.00. The molecule has 7 nitrogen and oxygen atoms in total. The molecule has 1 atom stereocenters. The molecule has 1 aliphatic heterocycles. The fraction of sp³-hybridized carbons (Fsp3) is 0.429. The second kappa shape index (κ2) is 7.61. The lowest BCUT2D eigenvalue weighted by Crippen LogP contribution is -2.48. The Balaban J connectivity index is 1.68. The van der Waals surface area contributed by atoms with Crippen molar-refractivity contribution in [1.82, 2.24) is 4.90 Å². The van der Waals surface area contributed by atoms with Crippen molar-refractivity contribution in [3.63, 3.8) is 0 Å². The summed E-state index contributed by atoms with van der Waals surface area (Å²) in [4.78, 5) is 23.7. The van der Waals surface area contributed by atoms with Crippen LogP contribution in [0.3, 0.4) is 0 Å². The number of rotatable bonds is 5. The third-order valence-corrected chi connectivity index (χ3v) is 3.00. The lowest BCUT2D eigenvalue weighted by Gasteiger charge is -2.29. The Kier molecular flexibility index (Phi) is 5.53. The Bertz CT molecular complexity index is 478. The Labute approximate surface area is 122 Å². The van der Waals surface area contributed by atoms with E-state index >= 15 is 0 Å². The molecular formula is C14H17NO6. The van der Waals surface area contributed by atoms with Gasteiger partial charge in [0.25, 0.3) is 0 Å². The average molecular weight is 295 g/mol. The molecule has 0 spiro atoms. The van der Waals surface area contributed by atoms with Crippen LogP contribution in [0.4, 0.5) is 4.79 Å². The highest BCUT2D eigenvalue weighted by Gasteiger charge is 2.30. The van der Waals surface area contributed by atoms with Crippen LogP contribution in [-0.2, 0) is 25.6 Å². The molecule has 2 rings (SSSR count). The number of carboxylic acid groups (broad SMARTS) is 1. The summed E-state index contributed by atoms with van der Waals surface area (Å²) >= 11 is 0. The molecule has 21 heavy (non-hydrogen) atoms. The van der Waals surface area contributed by atoms with Gasteiger partial charge in [0, 0.05) is 6.54 Å². The monoisotopic (exact) mass is 295 g/mol. The van der Waals surface area contributed by atoms with E-state index in [9.17, 15) is 9.59 Å². The van der Waals surface area contributed by atoms with Crippen LogP contribution in [0.2, 0.25) is 0 Å². The Morgan fingerprint density at radius 2 is 2.10 bits per heavy atom. The summed E-state index contributed by atoms with van der Waals surface area (Å²) in [6, 6.07) is 9.48. The lowest BCUT2D eigenvalue weighted by atomic mass is 10.2. The molecule has 1 aliphatic rings. The molecule has 0 saturated carbocycles. The summed E-state index contributed by atoms with van der Waals surface area (Å²) in [6.45, 7) is 0.551. The normalized spacial score (nSPS) is 18.3. The van der Waals surface area contributed by atoms with Crippen molar-refractivity contribution in [2.45, 2.75) is 12.7 Å². The second-order valence-electron chi connectivity index (χ2n) is 4.50. The van der Waals surface area contributed by atoms with Gasteiger partial charge in [-0.2, -0.15) is 0 Å². The van der Waals surface area contributed by atoms with Crippen molar-refractivity contribution in [2.24, 2.45) is 0 Å². The zero-order chi connectivity index (χ0) is 15.1. The number of benzene rings is 1. The van der Waals surface area contributed by atoms with Crippen LogP contribution >= 0.6 is 0 Å². The van der Waals surface area contributed by atoms with E-state index in [-0.39, 0.29) is 26.5 Å². The first-order chi connectivity index (χ1) is 10.2. The molecule has 1 saturated heterocycles. The molecular weight excluding hydrogens is 278 g/mol. The highest BCUT2D eigenvalue weighted by molar-refractivity contribution is 5.76. The summed E-state index contributed by atoms with van der Waals surface area (Å²) in [5.74, 6) is -0.617. The van der Waals surface area contributed by atoms with E-state index in [4.69, 9.17) is 19.3 Å². The van der Waals surface area contributed by atoms with Crippen molar-refractivity contribution in [1.29, 1.82) is 0 Å². The maximum atomic E-state index is 11.7. The first-order valence-corrected chi connectivity index (χ1v) is 6.54. The van der Waals surface area contributed by atoms with E-state index in [0.717, 1.165) is 10.5 Å². The van der Waals surface area contributed by atoms with Crippen molar-refractivity contribution >= 4 is 12.1 Å². The van der Waals surface area contributed by atoms with E-state index in [2.05, 4.69) is 0 Å². The largest absolute Gasteiger partial charge is 0.465 e. The van der Waals surface area contributed by atoms with Gasteiger partial charge in [0.15, 0.2) is 12.9 Å². The zero-order valence-corrected chi connectivity index (χ0v) is 11.4. The molecule has 0 radical (unpaired) electrons. The van der Waals surface area contributed by atoms with Crippen molar-refractivity contribution < 1.29 is 28.9 Å². The van der Waals surface area contributed by atoms with Gasteiger partial charge in [-0.25, -0.2) is 9.59 Å². The molecule has 1 aromatic rings. The fourth-order valence-corrected chi connectivity index (χ4v) is 1.89. The lowest BCUT2D eigenvalue weighted by molar-refractivity contribution is -0.174. The Morgan fingerprint density at radius 1 is 1.33 bits per heavy atom. The molecule has 1 fully saturated rings. The Hall–Kier alpha value is -2.12. The summed E-state index contributed by atoms with van der Waals surface area (Å²) in [6.07, 6.45) is -1.97. The predicted octanol–water partition coefficient (Wildman–Crippen LogP) is 1.08. The first kappa shape index (κ1) is 15.3. The smallest absolute Gasteiger partial charge is 0.407 e. The maximum absolute atomic E-state index is 11.7. The van der Waals surface area contributed by atoms with E-state index in [0.29, 0.717) is 6.61 Å². The number of nitrogens with zero attached hydrogens (tertiary/aromatic N) is 1. The zero-order valence-electron chi connectivity index (χ0n) is 11.4. The van der Waals surface area contributed by atoms with Gasteiger partial charge < -0.3 is 24.2 Å². The van der Waals surface area contributed by atoms with E-state index in [1.807, 2.05) is 30.3 Å². The van der Waals surface area contributed by atoms with Crippen LogP contribution in [0.5, 0.6) is 0 Å². The molecule has 0 bridgehead atoms.